The molecule has 4 fully saturated rings. The molecule has 0 saturated heterocycles. The van der Waals surface area contributed by atoms with E-state index in [0.29, 0.717) is 18.3 Å². The first-order valence-corrected chi connectivity index (χ1v) is 8.94. The molecule has 0 heterocycles. The molecule has 0 radical (unpaired) electrons. The summed E-state index contributed by atoms with van der Waals surface area (Å²) in [5.74, 6) is 0.0637. The molecule has 6 nitrogen and oxygen atoms in total. The van der Waals surface area contributed by atoms with Crippen molar-refractivity contribution >= 4 is 23.4 Å². The van der Waals surface area contributed by atoms with Gasteiger partial charge < -0.3 is 9.57 Å². The molecular weight excluding hydrogens is 322 g/mol. The van der Waals surface area contributed by atoms with E-state index in [1.807, 2.05) is 13.8 Å². The smallest absolute Gasteiger partial charge is 0.331 e. The monoisotopic (exact) mass is 349 g/mol. The minimum absolute atomic E-state index is 0.0152. The van der Waals surface area contributed by atoms with Gasteiger partial charge in [0.2, 0.25) is 0 Å². The third kappa shape index (κ3) is 2.52. The Morgan fingerprint density at radius 2 is 1.76 bits per heavy atom. The maximum absolute atomic E-state index is 12.9. The molecule has 0 aromatic heterocycles. The summed E-state index contributed by atoms with van der Waals surface area (Å²) in [7, 11) is 0. The molecule has 4 saturated carbocycles. The highest BCUT2D eigenvalue weighted by Crippen LogP contribution is 2.72. The summed E-state index contributed by atoms with van der Waals surface area (Å²) in [6.07, 6.45) is 0.408. The Kier molecular flexibility index (Phi) is 4.08. The van der Waals surface area contributed by atoms with Crippen LogP contribution in [0.15, 0.2) is 5.16 Å². The average Bonchev–Trinajstić information content (AvgIpc) is 2.57. The highest BCUT2D eigenvalue weighted by molar-refractivity contribution is 5.95. The molecule has 6 heteroatoms. The number of fused-ring (bicyclic) bond motifs is 2. The van der Waals surface area contributed by atoms with Crippen LogP contribution in [0.4, 0.5) is 0 Å². The lowest BCUT2D eigenvalue weighted by Crippen LogP contribution is -2.67. The predicted molar refractivity (Wildman–Crippen MR) is 90.5 cm³/mol. The van der Waals surface area contributed by atoms with Crippen LogP contribution in [0.3, 0.4) is 0 Å². The van der Waals surface area contributed by atoms with Crippen LogP contribution < -0.4 is 0 Å². The summed E-state index contributed by atoms with van der Waals surface area (Å²) in [4.78, 5) is 40.6. The van der Waals surface area contributed by atoms with Gasteiger partial charge in [0.15, 0.2) is 11.9 Å². The molecule has 0 aromatic rings. The third-order valence-corrected chi connectivity index (χ3v) is 6.68. The molecule has 6 atom stereocenters. The summed E-state index contributed by atoms with van der Waals surface area (Å²) in [6.45, 7) is 11.0. The lowest BCUT2D eigenvalue weighted by Gasteiger charge is -2.68. The van der Waals surface area contributed by atoms with Crippen LogP contribution in [0.5, 0.6) is 0 Å². The molecule has 4 rings (SSSR count). The van der Waals surface area contributed by atoms with Crippen molar-refractivity contribution in [2.75, 3.05) is 0 Å². The largest absolute Gasteiger partial charge is 0.454 e. The Labute approximate surface area is 148 Å². The van der Waals surface area contributed by atoms with Crippen molar-refractivity contribution in [2.45, 2.75) is 60.5 Å². The summed E-state index contributed by atoms with van der Waals surface area (Å²) in [6, 6.07) is 0. The number of ether oxygens (including phenoxy) is 1. The minimum atomic E-state index is -0.732. The molecule has 0 N–H and O–H groups in total. The maximum Gasteiger partial charge on any atom is 0.331 e. The Morgan fingerprint density at radius 1 is 1.12 bits per heavy atom. The number of esters is 1. The van der Waals surface area contributed by atoms with Gasteiger partial charge >= 0.3 is 11.9 Å². The highest BCUT2D eigenvalue weighted by Gasteiger charge is 2.73. The Bertz CT molecular complexity index is 667. The fourth-order valence-electron chi connectivity index (χ4n) is 6.07. The van der Waals surface area contributed by atoms with Crippen molar-refractivity contribution in [2.24, 2.45) is 39.7 Å². The van der Waals surface area contributed by atoms with E-state index in [2.05, 4.69) is 19.0 Å². The number of carbonyl (C=O) groups excluding carboxylic acids is 3. The van der Waals surface area contributed by atoms with Gasteiger partial charge in [0.05, 0.1) is 5.71 Å². The van der Waals surface area contributed by atoms with Gasteiger partial charge in [-0.25, -0.2) is 4.79 Å². The van der Waals surface area contributed by atoms with Crippen molar-refractivity contribution in [3.05, 3.63) is 0 Å². The molecular formula is C19H27NO5. The topological polar surface area (TPSA) is 82.0 Å². The van der Waals surface area contributed by atoms with Crippen LogP contribution in [0.2, 0.25) is 0 Å². The van der Waals surface area contributed by atoms with E-state index in [0.717, 1.165) is 12.1 Å². The van der Waals surface area contributed by atoms with Gasteiger partial charge in [0.25, 0.3) is 0 Å². The lowest BCUT2D eigenvalue weighted by molar-refractivity contribution is -0.182. The molecule has 138 valence electrons. The molecule has 25 heavy (non-hydrogen) atoms. The molecule has 0 aliphatic heterocycles. The first kappa shape index (κ1) is 18.1. The van der Waals surface area contributed by atoms with Crippen molar-refractivity contribution in [3.8, 4) is 0 Å². The fourth-order valence-corrected chi connectivity index (χ4v) is 6.07. The summed E-state index contributed by atoms with van der Waals surface area (Å²) >= 11 is 0. The van der Waals surface area contributed by atoms with Crippen LogP contribution >= 0.6 is 0 Å². The van der Waals surface area contributed by atoms with Crippen LogP contribution in [0, 0.1) is 34.5 Å². The maximum atomic E-state index is 12.9. The first-order chi connectivity index (χ1) is 11.5. The zero-order valence-electron chi connectivity index (χ0n) is 15.8. The number of carbonyl (C=O) groups is 3. The SMILES string of the molecule is CC(=O)ON=C1C[C@@H](C)[C@H]2[C@H]3[C@@H]1[C@]2(C)CC(=O)[C@@H](OC(C)=O)C3(C)C. The molecule has 0 spiro atoms. The second kappa shape index (κ2) is 5.64. The number of oxime groups is 1. The van der Waals surface area contributed by atoms with Crippen LogP contribution in [-0.2, 0) is 24.0 Å². The molecule has 4 aliphatic carbocycles. The van der Waals surface area contributed by atoms with E-state index in [9.17, 15) is 14.4 Å². The van der Waals surface area contributed by atoms with Crippen LogP contribution in [-0.4, -0.2) is 29.5 Å². The minimum Gasteiger partial charge on any atom is -0.454 e. The van der Waals surface area contributed by atoms with Crippen LogP contribution in [0.1, 0.15) is 54.4 Å². The second-order valence-electron chi connectivity index (χ2n) is 8.84. The van der Waals surface area contributed by atoms with E-state index < -0.39 is 23.5 Å². The quantitative estimate of drug-likeness (QED) is 0.435. The number of ketones is 1. The summed E-state index contributed by atoms with van der Waals surface area (Å²) in [5, 5.41) is 4.15. The van der Waals surface area contributed by atoms with Gasteiger partial charge in [-0.2, -0.15) is 0 Å². The third-order valence-electron chi connectivity index (χ3n) is 6.68. The summed E-state index contributed by atoms with van der Waals surface area (Å²) < 4.78 is 5.46. The number of Topliss-reactive ketones (excluding diaryl/α,β-unsaturated/α-hetero) is 1. The van der Waals surface area contributed by atoms with E-state index in [-0.39, 0.29) is 23.0 Å². The predicted octanol–water partition coefficient (Wildman–Crippen LogP) is 2.74. The van der Waals surface area contributed by atoms with Gasteiger partial charge in [0.1, 0.15) is 0 Å². The van der Waals surface area contributed by atoms with E-state index in [1.54, 1.807) is 0 Å². The Balaban J connectivity index is 2.05. The molecule has 0 aromatic carbocycles. The zero-order chi connectivity index (χ0) is 18.7. The number of rotatable bonds is 2. The van der Waals surface area contributed by atoms with Crippen molar-refractivity contribution in [1.82, 2.24) is 0 Å². The van der Waals surface area contributed by atoms with Crippen molar-refractivity contribution < 1.29 is 24.0 Å². The Hall–Kier alpha value is -1.72. The van der Waals surface area contributed by atoms with E-state index in [1.165, 1.54) is 13.8 Å². The van der Waals surface area contributed by atoms with Crippen LogP contribution in [0.25, 0.3) is 0 Å². The number of hydrogen-bond donors (Lipinski definition) is 0. The molecule has 4 bridgehead atoms. The second-order valence-corrected chi connectivity index (χ2v) is 8.84. The lowest BCUT2D eigenvalue weighted by atomic mass is 9.35. The normalized spacial score (nSPS) is 43.0. The molecule has 0 amide bonds. The first-order valence-electron chi connectivity index (χ1n) is 8.94. The fraction of sp³-hybridized carbons (Fsp3) is 0.789. The van der Waals surface area contributed by atoms with Gasteiger partial charge in [0, 0.05) is 31.6 Å². The van der Waals surface area contributed by atoms with Gasteiger partial charge in [-0.15, -0.1) is 0 Å². The molecule has 4 aliphatic rings. The van der Waals surface area contributed by atoms with E-state index in [4.69, 9.17) is 9.57 Å². The standard InChI is InChI=1S/C19H27NO5/c1-9-7-12(20-25-11(3)22)15-16-14(9)19(15,6)8-13(23)17(18(16,4)5)24-10(2)21/h9,14-17H,7-8H2,1-6H3/t9-,14+,15-,16+,17-,19-/m1/s1. The van der Waals surface area contributed by atoms with Gasteiger partial charge in [-0.1, -0.05) is 32.9 Å². The van der Waals surface area contributed by atoms with Crippen molar-refractivity contribution in [1.29, 1.82) is 0 Å². The van der Waals surface area contributed by atoms with Gasteiger partial charge in [-0.3, -0.25) is 9.59 Å². The number of hydrogen-bond acceptors (Lipinski definition) is 6. The van der Waals surface area contributed by atoms with Gasteiger partial charge in [-0.05, 0) is 29.6 Å². The number of nitrogens with zero attached hydrogens (tertiary/aromatic N) is 1. The van der Waals surface area contributed by atoms with Crippen molar-refractivity contribution in [3.63, 3.8) is 0 Å². The summed E-state index contributed by atoms with van der Waals surface area (Å²) in [5.41, 5.74) is 0.159. The Morgan fingerprint density at radius 3 is 2.32 bits per heavy atom. The molecule has 0 unspecified atom stereocenters. The zero-order valence-corrected chi connectivity index (χ0v) is 15.8. The van der Waals surface area contributed by atoms with E-state index >= 15 is 0 Å². The highest BCUT2D eigenvalue weighted by atomic mass is 16.7. The average molecular weight is 349 g/mol.